The molecule has 0 saturated heterocycles. The summed E-state index contributed by atoms with van der Waals surface area (Å²) in [6, 6.07) is 16.6. The fraction of sp³-hybridized carbons (Fsp3) is 0.304. The van der Waals surface area contributed by atoms with Crippen molar-refractivity contribution in [2.75, 3.05) is 13.7 Å². The monoisotopic (exact) mass is 393 g/mol. The second kappa shape index (κ2) is 9.28. The molecule has 3 N–H and O–H groups in total. The number of aromatic nitrogens is 1. The van der Waals surface area contributed by atoms with Gasteiger partial charge < -0.3 is 20.4 Å². The third-order valence-corrected chi connectivity index (χ3v) is 4.88. The molecule has 29 heavy (non-hydrogen) atoms. The average molecular weight is 393 g/mol. The molecule has 0 unspecified atom stereocenters. The van der Waals surface area contributed by atoms with Crippen LogP contribution < -0.4 is 15.4 Å². The van der Waals surface area contributed by atoms with Crippen LogP contribution in [0.3, 0.4) is 0 Å². The summed E-state index contributed by atoms with van der Waals surface area (Å²) in [5.41, 5.74) is 2.44. The number of hydrogen-bond donors (Lipinski definition) is 3. The number of H-pyrrole nitrogens is 1. The zero-order chi connectivity index (χ0) is 20.8. The van der Waals surface area contributed by atoms with Gasteiger partial charge in [0, 0.05) is 17.4 Å². The number of ether oxygens (including phenoxy) is 1. The van der Waals surface area contributed by atoms with Gasteiger partial charge in [-0.05, 0) is 42.2 Å². The fourth-order valence-corrected chi connectivity index (χ4v) is 3.18. The van der Waals surface area contributed by atoms with E-state index in [-0.39, 0.29) is 17.7 Å². The molecule has 3 aromatic rings. The van der Waals surface area contributed by atoms with Crippen LogP contribution in [0.2, 0.25) is 0 Å². The summed E-state index contributed by atoms with van der Waals surface area (Å²) in [7, 11) is 1.63. The molecule has 1 atom stereocenters. The predicted octanol–water partition coefficient (Wildman–Crippen LogP) is 3.29. The summed E-state index contributed by atoms with van der Waals surface area (Å²) in [5, 5.41) is 6.75. The van der Waals surface area contributed by atoms with Crippen molar-refractivity contribution in [3.05, 3.63) is 65.9 Å². The number of methoxy groups -OCH3 is 1. The maximum Gasteiger partial charge on any atom is 0.268 e. The van der Waals surface area contributed by atoms with Gasteiger partial charge >= 0.3 is 0 Å². The molecule has 0 aliphatic carbocycles. The number of amides is 2. The van der Waals surface area contributed by atoms with Crippen molar-refractivity contribution in [2.45, 2.75) is 26.3 Å². The quantitative estimate of drug-likeness (QED) is 0.549. The Balaban J connectivity index is 1.57. The van der Waals surface area contributed by atoms with Crippen molar-refractivity contribution in [3.8, 4) is 5.75 Å². The first-order valence-electron chi connectivity index (χ1n) is 9.77. The Labute approximate surface area is 170 Å². The van der Waals surface area contributed by atoms with Gasteiger partial charge in [-0.2, -0.15) is 0 Å². The van der Waals surface area contributed by atoms with Gasteiger partial charge in [-0.3, -0.25) is 9.59 Å². The van der Waals surface area contributed by atoms with Gasteiger partial charge in [0.15, 0.2) is 0 Å². The van der Waals surface area contributed by atoms with E-state index in [1.165, 1.54) is 0 Å². The van der Waals surface area contributed by atoms with Crippen molar-refractivity contribution in [1.82, 2.24) is 15.6 Å². The Hall–Kier alpha value is -3.28. The maximum atomic E-state index is 12.7. The molecule has 0 spiro atoms. The maximum absolute atomic E-state index is 12.7. The molecule has 6 heteroatoms. The van der Waals surface area contributed by atoms with Crippen molar-refractivity contribution in [3.63, 3.8) is 0 Å². The lowest BCUT2D eigenvalue weighted by atomic mass is 10.0. The van der Waals surface area contributed by atoms with E-state index >= 15 is 0 Å². The topological polar surface area (TPSA) is 83.2 Å². The lowest BCUT2D eigenvalue weighted by Gasteiger charge is -2.21. The van der Waals surface area contributed by atoms with Crippen LogP contribution in [0.1, 0.15) is 29.9 Å². The van der Waals surface area contributed by atoms with Gasteiger partial charge in [0.1, 0.15) is 17.5 Å². The molecule has 0 aliphatic rings. The number of hydrogen-bond acceptors (Lipinski definition) is 3. The van der Waals surface area contributed by atoms with Crippen molar-refractivity contribution < 1.29 is 14.3 Å². The standard InChI is InChI=1S/C23H27N3O3/c1-15(2)21(23(28)24-13-12-16-8-10-18(29-3)11-9-16)26-22(27)20-14-17-6-4-5-7-19(17)25-20/h4-11,14-15,21,25H,12-13H2,1-3H3,(H,24,28)(H,26,27)/t21-/m0/s1. The number of fused-ring (bicyclic) bond motifs is 1. The van der Waals surface area contributed by atoms with Gasteiger partial charge in [0.25, 0.3) is 5.91 Å². The minimum Gasteiger partial charge on any atom is -0.497 e. The van der Waals surface area contributed by atoms with Crippen LogP contribution in [0.5, 0.6) is 5.75 Å². The first kappa shape index (κ1) is 20.5. The SMILES string of the molecule is COc1ccc(CCNC(=O)[C@@H](NC(=O)c2cc3ccccc3[nH]2)C(C)C)cc1. The lowest BCUT2D eigenvalue weighted by Crippen LogP contribution is -2.50. The number of aromatic amines is 1. The number of rotatable bonds is 8. The van der Waals surface area contributed by atoms with Gasteiger partial charge in [0.05, 0.1) is 7.11 Å². The van der Waals surface area contributed by atoms with Crippen LogP contribution in [0, 0.1) is 5.92 Å². The van der Waals surface area contributed by atoms with E-state index in [2.05, 4.69) is 15.6 Å². The molecule has 2 amide bonds. The van der Waals surface area contributed by atoms with Crippen LogP contribution in [0.25, 0.3) is 10.9 Å². The number of nitrogens with one attached hydrogen (secondary N) is 3. The lowest BCUT2D eigenvalue weighted by molar-refractivity contribution is -0.123. The van der Waals surface area contributed by atoms with Crippen LogP contribution in [0.4, 0.5) is 0 Å². The zero-order valence-corrected chi connectivity index (χ0v) is 17.0. The van der Waals surface area contributed by atoms with E-state index in [1.807, 2.05) is 62.4 Å². The largest absolute Gasteiger partial charge is 0.497 e. The molecule has 0 bridgehead atoms. The zero-order valence-electron chi connectivity index (χ0n) is 17.0. The van der Waals surface area contributed by atoms with Gasteiger partial charge in [-0.25, -0.2) is 0 Å². The normalized spacial score (nSPS) is 12.0. The number of benzene rings is 2. The molecule has 0 saturated carbocycles. The van der Waals surface area contributed by atoms with E-state index in [0.29, 0.717) is 18.7 Å². The summed E-state index contributed by atoms with van der Waals surface area (Å²) >= 11 is 0. The summed E-state index contributed by atoms with van der Waals surface area (Å²) < 4.78 is 5.15. The summed E-state index contributed by atoms with van der Waals surface area (Å²) in [4.78, 5) is 28.4. The highest BCUT2D eigenvalue weighted by Crippen LogP contribution is 2.15. The Kier molecular flexibility index (Phi) is 6.54. The summed E-state index contributed by atoms with van der Waals surface area (Å²) in [6.07, 6.45) is 0.705. The van der Waals surface area contributed by atoms with Crippen molar-refractivity contribution in [1.29, 1.82) is 0 Å². The first-order chi connectivity index (χ1) is 14.0. The summed E-state index contributed by atoms with van der Waals surface area (Å²) in [6.45, 7) is 4.33. The molecule has 0 aliphatic heterocycles. The molecular weight excluding hydrogens is 366 g/mol. The molecule has 6 nitrogen and oxygen atoms in total. The van der Waals surface area contributed by atoms with E-state index in [0.717, 1.165) is 22.2 Å². The average Bonchev–Trinajstić information content (AvgIpc) is 3.16. The van der Waals surface area contributed by atoms with Crippen molar-refractivity contribution in [2.24, 2.45) is 5.92 Å². The third kappa shape index (κ3) is 5.16. The molecule has 1 aromatic heterocycles. The molecule has 2 aromatic carbocycles. The van der Waals surface area contributed by atoms with Crippen LogP contribution in [-0.2, 0) is 11.2 Å². The predicted molar refractivity (Wildman–Crippen MR) is 114 cm³/mol. The van der Waals surface area contributed by atoms with Crippen LogP contribution >= 0.6 is 0 Å². The van der Waals surface area contributed by atoms with Gasteiger partial charge in [0.2, 0.25) is 5.91 Å². The van der Waals surface area contributed by atoms with E-state index in [4.69, 9.17) is 4.74 Å². The molecule has 0 radical (unpaired) electrons. The molecule has 152 valence electrons. The van der Waals surface area contributed by atoms with Crippen LogP contribution in [-0.4, -0.2) is 36.5 Å². The Morgan fingerprint density at radius 3 is 2.45 bits per heavy atom. The Morgan fingerprint density at radius 1 is 1.07 bits per heavy atom. The third-order valence-electron chi connectivity index (χ3n) is 4.88. The van der Waals surface area contributed by atoms with E-state index < -0.39 is 6.04 Å². The molecule has 3 rings (SSSR count). The Bertz CT molecular complexity index is 943. The highest BCUT2D eigenvalue weighted by molar-refractivity contribution is 6.00. The molecular formula is C23H27N3O3. The summed E-state index contributed by atoms with van der Waals surface area (Å²) in [5.74, 6) is 0.296. The Morgan fingerprint density at radius 2 is 1.79 bits per heavy atom. The minimum absolute atomic E-state index is 0.0377. The second-order valence-electron chi connectivity index (χ2n) is 7.35. The van der Waals surface area contributed by atoms with E-state index in [1.54, 1.807) is 13.2 Å². The highest BCUT2D eigenvalue weighted by Gasteiger charge is 2.25. The minimum atomic E-state index is -0.607. The highest BCUT2D eigenvalue weighted by atomic mass is 16.5. The smallest absolute Gasteiger partial charge is 0.268 e. The number of carbonyl (C=O) groups is 2. The number of para-hydroxylation sites is 1. The first-order valence-corrected chi connectivity index (χ1v) is 9.77. The van der Waals surface area contributed by atoms with Crippen molar-refractivity contribution >= 4 is 22.7 Å². The fourth-order valence-electron chi connectivity index (χ4n) is 3.18. The second-order valence-corrected chi connectivity index (χ2v) is 7.35. The molecule has 0 fully saturated rings. The molecule has 1 heterocycles. The van der Waals surface area contributed by atoms with E-state index in [9.17, 15) is 9.59 Å². The van der Waals surface area contributed by atoms with Gasteiger partial charge in [-0.1, -0.05) is 44.2 Å². The van der Waals surface area contributed by atoms with Gasteiger partial charge in [-0.15, -0.1) is 0 Å². The van der Waals surface area contributed by atoms with Crippen LogP contribution in [0.15, 0.2) is 54.6 Å². The number of carbonyl (C=O) groups excluding carboxylic acids is 2.